The van der Waals surface area contributed by atoms with Crippen molar-refractivity contribution in [2.75, 3.05) is 14.1 Å². The monoisotopic (exact) mass is 407 g/mol. The van der Waals surface area contributed by atoms with Crippen LogP contribution in [-0.2, 0) is 4.79 Å². The van der Waals surface area contributed by atoms with E-state index in [9.17, 15) is 14.3 Å². The van der Waals surface area contributed by atoms with Crippen LogP contribution in [-0.4, -0.2) is 52.1 Å². The highest BCUT2D eigenvalue weighted by Gasteiger charge is 2.49. The van der Waals surface area contributed by atoms with Gasteiger partial charge in [0.05, 0.1) is 11.7 Å². The zero-order valence-corrected chi connectivity index (χ0v) is 15.6. The molecule has 25 heavy (non-hydrogen) atoms. The summed E-state index contributed by atoms with van der Waals surface area (Å²) in [4.78, 5) is 17.5. The lowest BCUT2D eigenvalue weighted by Crippen LogP contribution is -2.56. The largest absolute Gasteiger partial charge is 0.477 e. The van der Waals surface area contributed by atoms with Gasteiger partial charge in [-0.3, -0.25) is 0 Å². The average molecular weight is 408 g/mol. The molecule has 1 N–H and O–H groups in total. The van der Waals surface area contributed by atoms with Gasteiger partial charge in [0.2, 0.25) is 0 Å². The first-order valence-corrected chi connectivity index (χ1v) is 9.03. The first-order valence-electron chi connectivity index (χ1n) is 8.24. The Balaban J connectivity index is 1.77. The van der Waals surface area contributed by atoms with Gasteiger partial charge in [-0.2, -0.15) is 0 Å². The fraction of sp³-hybridized carbons (Fsp3) is 0.389. The van der Waals surface area contributed by atoms with Crippen LogP contribution in [0, 0.1) is 11.7 Å². The van der Waals surface area contributed by atoms with Crippen molar-refractivity contribution in [3.8, 4) is 0 Å². The summed E-state index contributed by atoms with van der Waals surface area (Å²) < 4.78 is 15.2. The van der Waals surface area contributed by atoms with Gasteiger partial charge in [0.1, 0.15) is 17.7 Å². The minimum atomic E-state index is -0.939. The maximum atomic E-state index is 14.5. The Bertz CT molecular complexity index is 806. The number of carboxylic acids is 1. The molecule has 0 aromatic heterocycles. The van der Waals surface area contributed by atoms with Crippen molar-refractivity contribution in [2.24, 2.45) is 5.92 Å². The smallest absolute Gasteiger partial charge is 0.353 e. The molecule has 2 heterocycles. The lowest BCUT2D eigenvalue weighted by atomic mass is 10.0. The Kier molecular flexibility index (Phi) is 3.79. The normalized spacial score (nSPS) is 25.7. The Morgan fingerprint density at radius 3 is 2.56 bits per heavy atom. The summed E-state index contributed by atoms with van der Waals surface area (Å²) in [7, 11) is 3.78. The molecule has 0 bridgehead atoms. The van der Waals surface area contributed by atoms with Gasteiger partial charge in [0.25, 0.3) is 0 Å². The number of hydrogen-bond donors (Lipinski definition) is 1. The summed E-state index contributed by atoms with van der Waals surface area (Å²) >= 11 is 3.28. The average Bonchev–Trinajstić information content (AvgIpc) is 3.32. The molecule has 1 aromatic carbocycles. The molecule has 0 radical (unpaired) electrons. The van der Waals surface area contributed by atoms with Crippen LogP contribution in [0.1, 0.15) is 18.4 Å². The summed E-state index contributed by atoms with van der Waals surface area (Å²) in [6.07, 6.45) is 5.66. The quantitative estimate of drug-likeness (QED) is 0.833. The SMILES string of the molecule is CN1C(C(=O)O)=CN2C=C(c3ccc(Br)cc3F)N(C)C2C1C1CC1. The van der Waals surface area contributed by atoms with Crippen molar-refractivity contribution in [3.63, 3.8) is 0 Å². The molecule has 1 aromatic rings. The van der Waals surface area contributed by atoms with E-state index in [1.54, 1.807) is 12.3 Å². The fourth-order valence-electron chi connectivity index (χ4n) is 3.92. The summed E-state index contributed by atoms with van der Waals surface area (Å²) in [5.41, 5.74) is 1.55. The van der Waals surface area contributed by atoms with Gasteiger partial charge in [0, 0.05) is 36.5 Å². The van der Waals surface area contributed by atoms with E-state index in [-0.39, 0.29) is 23.7 Å². The van der Waals surface area contributed by atoms with Gasteiger partial charge in [0.15, 0.2) is 0 Å². The number of likely N-dealkylation sites (N-methyl/N-ethyl adjacent to an activating group) is 2. The molecule has 3 aliphatic rings. The maximum Gasteiger partial charge on any atom is 0.353 e. The third-order valence-electron chi connectivity index (χ3n) is 5.29. The van der Waals surface area contributed by atoms with Crippen LogP contribution in [0.3, 0.4) is 0 Å². The van der Waals surface area contributed by atoms with E-state index >= 15 is 0 Å². The molecule has 5 nitrogen and oxygen atoms in total. The standard InChI is InChI=1S/C18H19BrFN3O2/c1-21-15(18(24)25)9-23-8-14(12-6-5-11(19)7-13(12)20)22(2)17(23)16(21)10-3-4-10/h5-10,16-17H,3-4H2,1-2H3,(H,24,25). The summed E-state index contributed by atoms with van der Waals surface area (Å²) in [6.45, 7) is 0. The van der Waals surface area contributed by atoms with E-state index in [2.05, 4.69) is 20.8 Å². The number of benzene rings is 1. The summed E-state index contributed by atoms with van der Waals surface area (Å²) in [6, 6.07) is 5.07. The fourth-order valence-corrected chi connectivity index (χ4v) is 4.26. The zero-order chi connectivity index (χ0) is 17.9. The first-order chi connectivity index (χ1) is 11.9. The highest BCUT2D eigenvalue weighted by molar-refractivity contribution is 9.10. The lowest BCUT2D eigenvalue weighted by molar-refractivity contribution is -0.135. The van der Waals surface area contributed by atoms with Crippen molar-refractivity contribution < 1.29 is 14.3 Å². The number of rotatable bonds is 3. The van der Waals surface area contributed by atoms with Crippen LogP contribution in [0.25, 0.3) is 5.70 Å². The summed E-state index contributed by atoms with van der Waals surface area (Å²) in [5, 5.41) is 9.54. The molecule has 1 aliphatic carbocycles. The Morgan fingerprint density at radius 2 is 1.96 bits per heavy atom. The molecule has 1 saturated carbocycles. The second-order valence-electron chi connectivity index (χ2n) is 6.87. The predicted octanol–water partition coefficient (Wildman–Crippen LogP) is 3.11. The minimum absolute atomic E-state index is 0.0290. The molecule has 1 fully saturated rings. The van der Waals surface area contributed by atoms with Crippen LogP contribution in [0.15, 0.2) is 40.8 Å². The van der Waals surface area contributed by atoms with Crippen LogP contribution in [0.4, 0.5) is 4.39 Å². The van der Waals surface area contributed by atoms with E-state index in [4.69, 9.17) is 0 Å². The Labute approximate surface area is 154 Å². The third-order valence-corrected chi connectivity index (χ3v) is 5.78. The van der Waals surface area contributed by atoms with E-state index < -0.39 is 5.97 Å². The van der Waals surface area contributed by atoms with Crippen molar-refractivity contribution in [2.45, 2.75) is 25.0 Å². The highest BCUT2D eigenvalue weighted by atomic mass is 79.9. The Hall–Kier alpha value is -2.02. The zero-order valence-electron chi connectivity index (χ0n) is 14.0. The molecule has 2 aliphatic heterocycles. The number of fused-ring (bicyclic) bond motifs is 1. The van der Waals surface area contributed by atoms with E-state index in [1.165, 1.54) is 6.07 Å². The first kappa shape index (κ1) is 16.4. The number of hydrogen-bond acceptors (Lipinski definition) is 4. The van der Waals surface area contributed by atoms with Gasteiger partial charge in [-0.1, -0.05) is 15.9 Å². The van der Waals surface area contributed by atoms with Crippen LogP contribution < -0.4 is 0 Å². The lowest BCUT2D eigenvalue weighted by Gasteiger charge is -2.45. The molecule has 2 unspecified atom stereocenters. The topological polar surface area (TPSA) is 47.0 Å². The van der Waals surface area contributed by atoms with Gasteiger partial charge >= 0.3 is 5.97 Å². The molecule has 2 atom stereocenters. The van der Waals surface area contributed by atoms with Crippen LogP contribution in [0.5, 0.6) is 0 Å². The second kappa shape index (κ2) is 5.76. The molecular weight excluding hydrogens is 389 g/mol. The molecule has 0 spiro atoms. The molecule has 0 amide bonds. The number of halogens is 2. The van der Waals surface area contributed by atoms with Gasteiger partial charge < -0.3 is 19.8 Å². The number of carboxylic acid groups (broad SMARTS) is 1. The van der Waals surface area contributed by atoms with Crippen molar-refractivity contribution in [1.29, 1.82) is 0 Å². The second-order valence-corrected chi connectivity index (χ2v) is 7.78. The summed E-state index contributed by atoms with van der Waals surface area (Å²) in [5.74, 6) is -0.775. The number of carbonyl (C=O) groups is 1. The van der Waals surface area contributed by atoms with E-state index in [0.717, 1.165) is 18.5 Å². The molecule has 0 saturated heterocycles. The third kappa shape index (κ3) is 2.61. The number of nitrogens with zero attached hydrogens (tertiary/aromatic N) is 3. The predicted molar refractivity (Wildman–Crippen MR) is 95.5 cm³/mol. The maximum absolute atomic E-state index is 14.5. The van der Waals surface area contributed by atoms with E-state index in [0.29, 0.717) is 16.0 Å². The molecule has 132 valence electrons. The van der Waals surface area contributed by atoms with Crippen molar-refractivity contribution in [1.82, 2.24) is 14.7 Å². The minimum Gasteiger partial charge on any atom is -0.477 e. The Morgan fingerprint density at radius 1 is 1.24 bits per heavy atom. The van der Waals surface area contributed by atoms with Gasteiger partial charge in [-0.05, 0) is 37.0 Å². The van der Waals surface area contributed by atoms with Crippen molar-refractivity contribution >= 4 is 27.6 Å². The van der Waals surface area contributed by atoms with Crippen LogP contribution in [0.2, 0.25) is 0 Å². The molecule has 4 rings (SSSR count). The molecule has 7 heteroatoms. The highest BCUT2D eigenvalue weighted by Crippen LogP contribution is 2.45. The van der Waals surface area contributed by atoms with Gasteiger partial charge in [-0.15, -0.1) is 0 Å². The van der Waals surface area contributed by atoms with E-state index in [1.807, 2.05) is 36.2 Å². The van der Waals surface area contributed by atoms with Crippen LogP contribution >= 0.6 is 15.9 Å². The van der Waals surface area contributed by atoms with Crippen molar-refractivity contribution in [3.05, 3.63) is 52.1 Å². The van der Waals surface area contributed by atoms with Gasteiger partial charge in [-0.25, -0.2) is 9.18 Å². The number of aliphatic carboxylic acids is 1. The molecular formula is C18H19BrFN3O2.